The van der Waals surface area contributed by atoms with Crippen LogP contribution in [0.25, 0.3) is 0 Å². The molecule has 2 aromatic carbocycles. The first-order valence-electron chi connectivity index (χ1n) is 8.06. The highest BCUT2D eigenvalue weighted by molar-refractivity contribution is 7.80. The summed E-state index contributed by atoms with van der Waals surface area (Å²) in [6, 6.07) is 13.3. The molecule has 1 unspecified atom stereocenters. The summed E-state index contributed by atoms with van der Waals surface area (Å²) in [4.78, 5) is 0. The standard InChI is InChI=1S/C19H21ClN2O2S/c1-19(2)11-16(15-10-14(23-3)7-8-17(15)24-19)22-18(25)21-13-6-4-5-12(20)9-13/h4-10,16H,11H2,1-3H3,(H2,21,22,25). The summed E-state index contributed by atoms with van der Waals surface area (Å²) >= 11 is 11.5. The van der Waals surface area contributed by atoms with Crippen LogP contribution in [0.1, 0.15) is 31.9 Å². The number of halogens is 1. The summed E-state index contributed by atoms with van der Waals surface area (Å²) in [5.41, 5.74) is 1.60. The number of hydrogen-bond donors (Lipinski definition) is 2. The van der Waals surface area contributed by atoms with Gasteiger partial charge in [-0.25, -0.2) is 0 Å². The van der Waals surface area contributed by atoms with Crippen molar-refractivity contribution in [2.75, 3.05) is 12.4 Å². The zero-order valence-corrected chi connectivity index (χ0v) is 16.0. The van der Waals surface area contributed by atoms with Gasteiger partial charge in [-0.15, -0.1) is 0 Å². The molecule has 1 heterocycles. The number of nitrogens with one attached hydrogen (secondary N) is 2. The van der Waals surface area contributed by atoms with Crippen LogP contribution in [0.2, 0.25) is 5.02 Å². The van der Waals surface area contributed by atoms with Crippen molar-refractivity contribution in [3.8, 4) is 11.5 Å². The van der Waals surface area contributed by atoms with Gasteiger partial charge in [0.25, 0.3) is 0 Å². The maximum absolute atomic E-state index is 6.09. The normalized spacial score (nSPS) is 17.8. The number of benzene rings is 2. The van der Waals surface area contributed by atoms with Crippen LogP contribution >= 0.6 is 23.8 Å². The minimum atomic E-state index is -0.287. The Bertz CT molecular complexity index is 795. The van der Waals surface area contributed by atoms with Crippen molar-refractivity contribution >= 4 is 34.6 Å². The third-order valence-electron chi connectivity index (χ3n) is 4.06. The van der Waals surface area contributed by atoms with Crippen LogP contribution in [0.15, 0.2) is 42.5 Å². The summed E-state index contributed by atoms with van der Waals surface area (Å²) in [5, 5.41) is 7.77. The molecule has 0 saturated carbocycles. The van der Waals surface area contributed by atoms with Gasteiger partial charge in [0.1, 0.15) is 17.1 Å². The summed E-state index contributed by atoms with van der Waals surface area (Å²) in [7, 11) is 1.66. The molecule has 0 saturated heterocycles. The number of methoxy groups -OCH3 is 1. The second-order valence-corrected chi connectivity index (χ2v) is 7.48. The zero-order valence-electron chi connectivity index (χ0n) is 14.4. The van der Waals surface area contributed by atoms with E-state index in [-0.39, 0.29) is 11.6 Å². The second-order valence-electron chi connectivity index (χ2n) is 6.63. The van der Waals surface area contributed by atoms with E-state index < -0.39 is 0 Å². The van der Waals surface area contributed by atoms with Gasteiger partial charge in [-0.3, -0.25) is 0 Å². The number of thiocarbonyl (C=S) groups is 1. The highest BCUT2D eigenvalue weighted by Gasteiger charge is 2.34. The molecule has 1 aliphatic heterocycles. The van der Waals surface area contributed by atoms with E-state index in [1.165, 1.54) is 0 Å². The third kappa shape index (κ3) is 4.35. The molecule has 1 aliphatic rings. The molecule has 0 aliphatic carbocycles. The van der Waals surface area contributed by atoms with E-state index in [1.54, 1.807) is 7.11 Å². The van der Waals surface area contributed by atoms with Gasteiger partial charge < -0.3 is 20.1 Å². The van der Waals surface area contributed by atoms with Crippen molar-refractivity contribution < 1.29 is 9.47 Å². The number of hydrogen-bond acceptors (Lipinski definition) is 3. The van der Waals surface area contributed by atoms with Crippen LogP contribution in [-0.4, -0.2) is 17.8 Å². The summed E-state index contributed by atoms with van der Waals surface area (Å²) < 4.78 is 11.4. The maximum atomic E-state index is 6.09. The van der Waals surface area contributed by atoms with Crippen molar-refractivity contribution in [1.29, 1.82) is 0 Å². The number of rotatable bonds is 3. The van der Waals surface area contributed by atoms with Gasteiger partial charge in [0, 0.05) is 22.7 Å². The lowest BCUT2D eigenvalue weighted by Gasteiger charge is -2.38. The number of ether oxygens (including phenoxy) is 2. The van der Waals surface area contributed by atoms with E-state index in [9.17, 15) is 0 Å². The molecule has 2 aromatic rings. The Hall–Kier alpha value is -1.98. The molecule has 132 valence electrons. The highest BCUT2D eigenvalue weighted by Crippen LogP contribution is 2.41. The Kier molecular flexibility index (Phi) is 5.06. The lowest BCUT2D eigenvalue weighted by Crippen LogP contribution is -2.42. The Balaban J connectivity index is 1.80. The van der Waals surface area contributed by atoms with Crippen LogP contribution in [0.4, 0.5) is 5.69 Å². The Morgan fingerprint density at radius 1 is 1.28 bits per heavy atom. The molecule has 0 spiro atoms. The molecule has 2 N–H and O–H groups in total. The largest absolute Gasteiger partial charge is 0.497 e. The highest BCUT2D eigenvalue weighted by atomic mass is 35.5. The average molecular weight is 377 g/mol. The zero-order chi connectivity index (χ0) is 18.0. The SMILES string of the molecule is COc1ccc2c(c1)C(NC(=S)Nc1cccc(Cl)c1)CC(C)(C)O2. The molecule has 4 nitrogen and oxygen atoms in total. The van der Waals surface area contributed by atoms with Crippen LogP contribution in [-0.2, 0) is 0 Å². The minimum absolute atomic E-state index is 0.0213. The lowest BCUT2D eigenvalue weighted by atomic mass is 9.89. The van der Waals surface area contributed by atoms with Gasteiger partial charge in [-0.1, -0.05) is 17.7 Å². The molecule has 0 radical (unpaired) electrons. The molecule has 3 rings (SSSR count). The van der Waals surface area contributed by atoms with Crippen molar-refractivity contribution in [2.45, 2.75) is 31.9 Å². The Labute approximate surface area is 158 Å². The van der Waals surface area contributed by atoms with Gasteiger partial charge in [0.2, 0.25) is 0 Å². The molecule has 25 heavy (non-hydrogen) atoms. The van der Waals surface area contributed by atoms with E-state index in [0.717, 1.165) is 29.2 Å². The van der Waals surface area contributed by atoms with Crippen molar-refractivity contribution in [1.82, 2.24) is 5.32 Å². The third-order valence-corrected chi connectivity index (χ3v) is 4.52. The van der Waals surface area contributed by atoms with E-state index in [1.807, 2.05) is 42.5 Å². The maximum Gasteiger partial charge on any atom is 0.171 e. The molecule has 6 heteroatoms. The second kappa shape index (κ2) is 7.10. The predicted molar refractivity (Wildman–Crippen MR) is 106 cm³/mol. The van der Waals surface area contributed by atoms with Gasteiger partial charge in [-0.05, 0) is 62.5 Å². The summed E-state index contributed by atoms with van der Waals surface area (Å²) in [6.45, 7) is 4.14. The van der Waals surface area contributed by atoms with Crippen LogP contribution in [0.5, 0.6) is 11.5 Å². The van der Waals surface area contributed by atoms with E-state index >= 15 is 0 Å². The molecule has 0 amide bonds. The van der Waals surface area contributed by atoms with Crippen LogP contribution in [0.3, 0.4) is 0 Å². The predicted octanol–water partition coefficient (Wildman–Crippen LogP) is 4.94. The first-order chi connectivity index (χ1) is 11.9. The molecule has 0 aromatic heterocycles. The monoisotopic (exact) mass is 376 g/mol. The van der Waals surface area contributed by atoms with Crippen molar-refractivity contribution in [2.24, 2.45) is 0 Å². The van der Waals surface area contributed by atoms with E-state index in [2.05, 4.69) is 24.5 Å². The molecule has 1 atom stereocenters. The quantitative estimate of drug-likeness (QED) is 0.743. The summed E-state index contributed by atoms with van der Waals surface area (Å²) in [5.74, 6) is 1.64. The lowest BCUT2D eigenvalue weighted by molar-refractivity contribution is 0.0695. The van der Waals surface area contributed by atoms with Crippen LogP contribution < -0.4 is 20.1 Å². The fourth-order valence-corrected chi connectivity index (χ4v) is 3.43. The average Bonchev–Trinajstić information content (AvgIpc) is 2.53. The van der Waals surface area contributed by atoms with Crippen molar-refractivity contribution in [3.63, 3.8) is 0 Å². The topological polar surface area (TPSA) is 42.5 Å². The number of fused-ring (bicyclic) bond motifs is 1. The molecule has 0 bridgehead atoms. The molecular formula is C19H21ClN2O2S. The van der Waals surface area contributed by atoms with Gasteiger partial charge in [0.05, 0.1) is 13.2 Å². The first kappa shape index (κ1) is 17.8. The smallest absolute Gasteiger partial charge is 0.171 e. The van der Waals surface area contributed by atoms with Gasteiger partial charge in [0.15, 0.2) is 5.11 Å². The fourth-order valence-electron chi connectivity index (χ4n) is 2.98. The first-order valence-corrected chi connectivity index (χ1v) is 8.85. The van der Waals surface area contributed by atoms with Crippen molar-refractivity contribution in [3.05, 3.63) is 53.1 Å². The number of anilines is 1. The van der Waals surface area contributed by atoms with E-state index in [4.69, 9.17) is 33.3 Å². The van der Waals surface area contributed by atoms with E-state index in [0.29, 0.717) is 10.1 Å². The Morgan fingerprint density at radius 3 is 2.80 bits per heavy atom. The molecular weight excluding hydrogens is 356 g/mol. The Morgan fingerprint density at radius 2 is 2.08 bits per heavy atom. The summed E-state index contributed by atoms with van der Waals surface area (Å²) in [6.07, 6.45) is 0.782. The van der Waals surface area contributed by atoms with Crippen LogP contribution in [0, 0.1) is 0 Å². The minimum Gasteiger partial charge on any atom is -0.497 e. The van der Waals surface area contributed by atoms with Gasteiger partial charge in [-0.2, -0.15) is 0 Å². The molecule has 0 fully saturated rings. The van der Waals surface area contributed by atoms with Gasteiger partial charge >= 0.3 is 0 Å². The fraction of sp³-hybridized carbons (Fsp3) is 0.316.